The number of likely N-dealkylation sites (tertiary alicyclic amines) is 1. The Morgan fingerprint density at radius 1 is 1.37 bits per heavy atom. The lowest BCUT2D eigenvalue weighted by molar-refractivity contribution is 0.0654. The molecule has 1 aliphatic heterocycles. The molecule has 0 radical (unpaired) electrons. The Balaban J connectivity index is 2.03. The highest BCUT2D eigenvalue weighted by Gasteiger charge is 2.25. The van der Waals surface area contributed by atoms with Crippen LogP contribution in [-0.4, -0.2) is 59.7 Å². The van der Waals surface area contributed by atoms with Gasteiger partial charge in [0.2, 0.25) is 0 Å². The molecule has 5 nitrogen and oxygen atoms in total. The van der Waals surface area contributed by atoms with Crippen molar-refractivity contribution in [3.8, 4) is 0 Å². The number of piperidine rings is 1. The Labute approximate surface area is 113 Å². The van der Waals surface area contributed by atoms with Gasteiger partial charge < -0.3 is 14.8 Å². The van der Waals surface area contributed by atoms with Gasteiger partial charge in [-0.15, -0.1) is 0 Å². The molecule has 1 aromatic rings. The fraction of sp³-hybridized carbons (Fsp3) is 0.571. The maximum atomic E-state index is 12.3. The van der Waals surface area contributed by atoms with Gasteiger partial charge in [-0.3, -0.25) is 9.59 Å². The third-order valence-electron chi connectivity index (χ3n) is 3.88. The van der Waals surface area contributed by atoms with E-state index in [9.17, 15) is 9.59 Å². The monoisotopic (exact) mass is 263 g/mol. The molecule has 0 bridgehead atoms. The third kappa shape index (κ3) is 3.04. The van der Waals surface area contributed by atoms with E-state index < -0.39 is 0 Å². The SMILES string of the molecule is CC(=O)c1c[nH]c(C(=O)N(C)C2CCN(C)CC2)c1. The average Bonchev–Trinajstić information content (AvgIpc) is 2.87. The molecule has 0 aromatic carbocycles. The fourth-order valence-electron chi connectivity index (χ4n) is 2.46. The first kappa shape index (κ1) is 13.8. The second-order valence-corrected chi connectivity index (χ2v) is 5.31. The van der Waals surface area contributed by atoms with Gasteiger partial charge in [0.15, 0.2) is 5.78 Å². The Morgan fingerprint density at radius 2 is 2.00 bits per heavy atom. The van der Waals surface area contributed by atoms with E-state index in [0.717, 1.165) is 25.9 Å². The summed E-state index contributed by atoms with van der Waals surface area (Å²) in [4.78, 5) is 30.5. The number of nitrogens with zero attached hydrogens (tertiary/aromatic N) is 2. The van der Waals surface area contributed by atoms with Gasteiger partial charge in [0, 0.05) is 24.8 Å². The zero-order valence-corrected chi connectivity index (χ0v) is 11.8. The molecular formula is C14H21N3O2. The van der Waals surface area contributed by atoms with Crippen LogP contribution < -0.4 is 0 Å². The van der Waals surface area contributed by atoms with Crippen molar-refractivity contribution in [1.29, 1.82) is 0 Å². The molecule has 5 heteroatoms. The Morgan fingerprint density at radius 3 is 2.53 bits per heavy atom. The van der Waals surface area contributed by atoms with Crippen LogP contribution in [0.1, 0.15) is 40.6 Å². The first-order valence-electron chi connectivity index (χ1n) is 6.64. The molecule has 2 heterocycles. The van der Waals surface area contributed by atoms with E-state index in [1.807, 2.05) is 7.05 Å². The molecule has 0 saturated carbocycles. The number of ketones is 1. The second-order valence-electron chi connectivity index (χ2n) is 5.31. The van der Waals surface area contributed by atoms with Crippen molar-refractivity contribution in [3.05, 3.63) is 23.5 Å². The number of H-pyrrole nitrogens is 1. The highest BCUT2D eigenvalue weighted by atomic mass is 16.2. The van der Waals surface area contributed by atoms with Crippen molar-refractivity contribution in [1.82, 2.24) is 14.8 Å². The van der Waals surface area contributed by atoms with Crippen molar-refractivity contribution in [2.75, 3.05) is 27.2 Å². The lowest BCUT2D eigenvalue weighted by Crippen LogP contribution is -2.44. The number of carbonyl (C=O) groups excluding carboxylic acids is 2. The minimum Gasteiger partial charge on any atom is -0.356 e. The molecule has 0 atom stereocenters. The van der Waals surface area contributed by atoms with E-state index in [1.165, 1.54) is 6.92 Å². The van der Waals surface area contributed by atoms with Crippen molar-refractivity contribution >= 4 is 11.7 Å². The molecule has 1 N–H and O–H groups in total. The maximum absolute atomic E-state index is 12.3. The molecule has 0 aliphatic carbocycles. The van der Waals surface area contributed by atoms with Crippen molar-refractivity contribution in [3.63, 3.8) is 0 Å². The highest BCUT2D eigenvalue weighted by molar-refractivity contribution is 5.99. The average molecular weight is 263 g/mol. The summed E-state index contributed by atoms with van der Waals surface area (Å²) < 4.78 is 0. The Bertz CT molecular complexity index is 473. The van der Waals surface area contributed by atoms with Gasteiger partial charge in [-0.2, -0.15) is 0 Å². The van der Waals surface area contributed by atoms with Crippen LogP contribution in [0.15, 0.2) is 12.3 Å². The molecule has 1 saturated heterocycles. The van der Waals surface area contributed by atoms with E-state index in [1.54, 1.807) is 17.2 Å². The van der Waals surface area contributed by atoms with Crippen molar-refractivity contribution in [2.45, 2.75) is 25.8 Å². The largest absolute Gasteiger partial charge is 0.356 e. The molecule has 0 spiro atoms. The first-order chi connectivity index (χ1) is 8.99. The molecule has 1 aromatic heterocycles. The molecule has 1 aliphatic rings. The van der Waals surface area contributed by atoms with Crippen molar-refractivity contribution in [2.24, 2.45) is 0 Å². The molecule has 19 heavy (non-hydrogen) atoms. The number of amides is 1. The molecule has 2 rings (SSSR count). The standard InChI is InChI=1S/C14H21N3O2/c1-10(18)11-8-13(15-9-11)14(19)17(3)12-4-6-16(2)7-5-12/h8-9,12,15H,4-7H2,1-3H3. The summed E-state index contributed by atoms with van der Waals surface area (Å²) in [6.45, 7) is 3.54. The van der Waals surface area contributed by atoms with Gasteiger partial charge in [-0.1, -0.05) is 0 Å². The molecule has 1 fully saturated rings. The van der Waals surface area contributed by atoms with E-state index in [2.05, 4.69) is 16.9 Å². The van der Waals surface area contributed by atoms with Crippen LogP contribution in [-0.2, 0) is 0 Å². The quantitative estimate of drug-likeness (QED) is 0.838. The van der Waals surface area contributed by atoms with E-state index in [4.69, 9.17) is 0 Å². The number of aromatic amines is 1. The second kappa shape index (κ2) is 5.57. The van der Waals surface area contributed by atoms with Crippen LogP contribution in [0, 0.1) is 0 Å². The number of carbonyl (C=O) groups is 2. The number of aromatic nitrogens is 1. The van der Waals surface area contributed by atoms with E-state index in [0.29, 0.717) is 11.3 Å². The van der Waals surface area contributed by atoms with Crippen LogP contribution in [0.3, 0.4) is 0 Å². The number of Topliss-reactive ketones (excluding diaryl/α,β-unsaturated/α-hetero) is 1. The predicted molar refractivity (Wildman–Crippen MR) is 73.4 cm³/mol. The van der Waals surface area contributed by atoms with Gasteiger partial charge in [0.05, 0.1) is 0 Å². The van der Waals surface area contributed by atoms with Crippen molar-refractivity contribution < 1.29 is 9.59 Å². The maximum Gasteiger partial charge on any atom is 0.270 e. The summed E-state index contributed by atoms with van der Waals surface area (Å²) in [6, 6.07) is 1.92. The van der Waals surface area contributed by atoms with Gasteiger partial charge in [-0.25, -0.2) is 0 Å². The minimum atomic E-state index is -0.0398. The topological polar surface area (TPSA) is 56.4 Å². The van der Waals surface area contributed by atoms with Crippen LogP contribution in [0.4, 0.5) is 0 Å². The van der Waals surface area contributed by atoms with Gasteiger partial charge >= 0.3 is 0 Å². The third-order valence-corrected chi connectivity index (χ3v) is 3.88. The van der Waals surface area contributed by atoms with Gasteiger partial charge in [0.25, 0.3) is 5.91 Å². The Hall–Kier alpha value is -1.62. The summed E-state index contributed by atoms with van der Waals surface area (Å²) in [5.41, 5.74) is 1.05. The predicted octanol–water partition coefficient (Wildman–Crippen LogP) is 1.38. The minimum absolute atomic E-state index is 0.0303. The van der Waals surface area contributed by atoms with Crippen LogP contribution in [0.5, 0.6) is 0 Å². The van der Waals surface area contributed by atoms with Crippen LogP contribution in [0.25, 0.3) is 0 Å². The van der Waals surface area contributed by atoms with Crippen LogP contribution in [0.2, 0.25) is 0 Å². The lowest BCUT2D eigenvalue weighted by Gasteiger charge is -2.34. The van der Waals surface area contributed by atoms with E-state index >= 15 is 0 Å². The fourth-order valence-corrected chi connectivity index (χ4v) is 2.46. The Kier molecular flexibility index (Phi) is 4.04. The van der Waals surface area contributed by atoms with Gasteiger partial charge in [-0.05, 0) is 46.0 Å². The number of rotatable bonds is 3. The smallest absolute Gasteiger partial charge is 0.270 e. The molecular weight excluding hydrogens is 242 g/mol. The zero-order chi connectivity index (χ0) is 14.0. The molecule has 1 amide bonds. The number of hydrogen-bond acceptors (Lipinski definition) is 3. The first-order valence-corrected chi connectivity index (χ1v) is 6.64. The van der Waals surface area contributed by atoms with Crippen LogP contribution >= 0.6 is 0 Å². The summed E-state index contributed by atoms with van der Waals surface area (Å²) in [7, 11) is 3.94. The van der Waals surface area contributed by atoms with Gasteiger partial charge in [0.1, 0.15) is 5.69 Å². The number of nitrogens with one attached hydrogen (secondary N) is 1. The lowest BCUT2D eigenvalue weighted by atomic mass is 10.0. The number of hydrogen-bond donors (Lipinski definition) is 1. The van der Waals surface area contributed by atoms with E-state index in [-0.39, 0.29) is 17.7 Å². The summed E-state index contributed by atoms with van der Waals surface area (Å²) in [6.07, 6.45) is 3.59. The molecule has 0 unspecified atom stereocenters. The molecule has 104 valence electrons. The highest BCUT2D eigenvalue weighted by Crippen LogP contribution is 2.16. The zero-order valence-electron chi connectivity index (χ0n) is 11.8. The normalized spacial score (nSPS) is 17.4. The summed E-state index contributed by atoms with van der Waals surface area (Å²) in [5.74, 6) is -0.0701. The summed E-state index contributed by atoms with van der Waals surface area (Å²) in [5, 5.41) is 0. The summed E-state index contributed by atoms with van der Waals surface area (Å²) >= 11 is 0.